The van der Waals surface area contributed by atoms with Gasteiger partial charge in [0.15, 0.2) is 0 Å². The number of nitrogens with one attached hydrogen (secondary N) is 1. The molecule has 2 heterocycles. The monoisotopic (exact) mass is 457 g/mol. The predicted octanol–water partition coefficient (Wildman–Crippen LogP) is 3.48. The van der Waals surface area contributed by atoms with E-state index >= 15 is 0 Å². The van der Waals surface area contributed by atoms with Crippen LogP contribution < -0.4 is 5.32 Å². The zero-order valence-corrected chi connectivity index (χ0v) is 18.2. The molecule has 1 fully saturated rings. The smallest absolute Gasteiger partial charge is 0.353 e. The van der Waals surface area contributed by atoms with Crippen LogP contribution in [0.1, 0.15) is 30.3 Å². The van der Waals surface area contributed by atoms with E-state index in [2.05, 4.69) is 15.2 Å². The van der Waals surface area contributed by atoms with Crippen LogP contribution in [0.5, 0.6) is 0 Å². The van der Waals surface area contributed by atoms with Crippen molar-refractivity contribution in [1.82, 2.24) is 24.7 Å². The Hall–Kier alpha value is -2.10. The zero-order valence-electron chi connectivity index (χ0n) is 17.4. The second kappa shape index (κ2) is 10.5. The summed E-state index contributed by atoms with van der Waals surface area (Å²) in [5, 5.41) is 3.63. The summed E-state index contributed by atoms with van der Waals surface area (Å²) < 4.78 is 39.1. The van der Waals surface area contributed by atoms with Gasteiger partial charge in [0, 0.05) is 24.0 Å². The van der Waals surface area contributed by atoms with Crippen LogP contribution in [0.3, 0.4) is 0 Å². The summed E-state index contributed by atoms with van der Waals surface area (Å²) in [6.07, 6.45) is 0.527. The fourth-order valence-electron chi connectivity index (χ4n) is 3.87. The minimum Gasteiger partial charge on any atom is -0.353 e. The van der Waals surface area contributed by atoms with E-state index in [4.69, 9.17) is 11.6 Å². The molecule has 1 aromatic carbocycles. The number of alkyl halides is 3. The van der Waals surface area contributed by atoms with Crippen LogP contribution >= 0.6 is 11.6 Å². The number of likely N-dealkylation sites (tertiary alicyclic amines) is 1. The Balaban J connectivity index is 1.56. The number of hydrogen-bond donors (Lipinski definition) is 1. The largest absolute Gasteiger partial charge is 0.406 e. The third kappa shape index (κ3) is 6.95. The number of amides is 1. The Morgan fingerprint density at radius 1 is 1.29 bits per heavy atom. The standard InChI is InChI=1S/C21H27ClF3N5O/c1-28(13-19-26-8-11-30(19)15-21(23,24)25)14-20(31)27-12-18(29-9-4-5-10-29)16-6-2-3-7-17(16)22/h2-3,6-8,11,18H,4-5,9-10,12-15H2,1H3,(H,27,31). The van der Waals surface area contributed by atoms with Gasteiger partial charge in [-0.3, -0.25) is 14.6 Å². The SMILES string of the molecule is CN(CC(=O)NCC(c1ccccc1Cl)N1CCCC1)Cc1nccn1CC(F)(F)F. The molecule has 1 saturated heterocycles. The first-order valence-electron chi connectivity index (χ1n) is 10.2. The molecule has 0 bridgehead atoms. The number of halogens is 4. The molecule has 1 amide bonds. The molecule has 0 spiro atoms. The van der Waals surface area contributed by atoms with Crippen molar-refractivity contribution >= 4 is 17.5 Å². The van der Waals surface area contributed by atoms with Gasteiger partial charge >= 0.3 is 6.18 Å². The van der Waals surface area contributed by atoms with Gasteiger partial charge in [-0.25, -0.2) is 4.98 Å². The second-order valence-corrected chi connectivity index (χ2v) is 8.25. The molecular weight excluding hydrogens is 431 g/mol. The van der Waals surface area contributed by atoms with Crippen molar-refractivity contribution in [3.63, 3.8) is 0 Å². The second-order valence-electron chi connectivity index (χ2n) is 7.84. The number of likely N-dealkylation sites (N-methyl/N-ethyl adjacent to an activating group) is 1. The number of nitrogens with zero attached hydrogens (tertiary/aromatic N) is 4. The Bertz CT molecular complexity index is 867. The van der Waals surface area contributed by atoms with Crippen LogP contribution in [0, 0.1) is 0 Å². The number of hydrogen-bond acceptors (Lipinski definition) is 4. The van der Waals surface area contributed by atoms with Crippen LogP contribution in [0.2, 0.25) is 5.02 Å². The Labute approximate surface area is 185 Å². The van der Waals surface area contributed by atoms with Gasteiger partial charge < -0.3 is 9.88 Å². The van der Waals surface area contributed by atoms with Crippen molar-refractivity contribution in [2.45, 2.75) is 38.1 Å². The minimum atomic E-state index is -4.32. The molecule has 0 aliphatic carbocycles. The fraction of sp³-hybridized carbons (Fsp3) is 0.524. The summed E-state index contributed by atoms with van der Waals surface area (Å²) in [5.74, 6) is 0.0614. The topological polar surface area (TPSA) is 53.4 Å². The molecule has 31 heavy (non-hydrogen) atoms. The van der Waals surface area contributed by atoms with Crippen molar-refractivity contribution in [3.05, 3.63) is 53.1 Å². The fourth-order valence-corrected chi connectivity index (χ4v) is 4.13. The average molecular weight is 458 g/mol. The Kier molecular flexibility index (Phi) is 7.96. The lowest BCUT2D eigenvalue weighted by atomic mass is 10.1. The summed E-state index contributed by atoms with van der Waals surface area (Å²) in [7, 11) is 1.68. The molecule has 1 aromatic heterocycles. The number of aromatic nitrogens is 2. The zero-order chi connectivity index (χ0) is 22.4. The van der Waals surface area contributed by atoms with E-state index in [0.717, 1.165) is 36.1 Å². The molecule has 6 nitrogen and oxygen atoms in total. The normalized spacial score (nSPS) is 16.1. The number of carbonyl (C=O) groups is 1. The lowest BCUT2D eigenvalue weighted by Crippen LogP contribution is -2.41. The van der Waals surface area contributed by atoms with Crippen LogP contribution in [0.4, 0.5) is 13.2 Å². The molecule has 3 rings (SSSR count). The lowest BCUT2D eigenvalue weighted by molar-refractivity contribution is -0.141. The van der Waals surface area contributed by atoms with Crippen molar-refractivity contribution in [2.24, 2.45) is 0 Å². The summed E-state index contributed by atoms with van der Waals surface area (Å²) >= 11 is 6.40. The first kappa shape index (κ1) is 23.6. The van der Waals surface area contributed by atoms with E-state index in [1.807, 2.05) is 24.3 Å². The van der Waals surface area contributed by atoms with E-state index in [1.165, 1.54) is 12.4 Å². The molecule has 1 N–H and O–H groups in total. The molecule has 1 atom stereocenters. The number of imidazole rings is 1. The van der Waals surface area contributed by atoms with E-state index in [9.17, 15) is 18.0 Å². The highest BCUT2D eigenvalue weighted by Crippen LogP contribution is 2.29. The number of benzene rings is 1. The summed E-state index contributed by atoms with van der Waals surface area (Å²) in [4.78, 5) is 20.5. The molecule has 1 aliphatic rings. The molecule has 2 aromatic rings. The van der Waals surface area contributed by atoms with E-state index in [-0.39, 0.29) is 30.9 Å². The minimum absolute atomic E-state index is 0.0175. The quantitative estimate of drug-likeness (QED) is 0.626. The third-order valence-corrected chi connectivity index (χ3v) is 5.66. The molecular formula is C21H27ClF3N5O. The lowest BCUT2D eigenvalue weighted by Gasteiger charge is -2.29. The summed E-state index contributed by atoms with van der Waals surface area (Å²) in [6, 6.07) is 7.62. The highest BCUT2D eigenvalue weighted by Gasteiger charge is 2.29. The number of carbonyl (C=O) groups excluding carboxylic acids is 1. The van der Waals surface area contributed by atoms with E-state index < -0.39 is 12.7 Å². The molecule has 1 aliphatic heterocycles. The average Bonchev–Trinajstić information content (AvgIpc) is 3.35. The van der Waals surface area contributed by atoms with E-state index in [1.54, 1.807) is 11.9 Å². The van der Waals surface area contributed by atoms with Gasteiger partial charge in [-0.15, -0.1) is 0 Å². The maximum absolute atomic E-state index is 12.7. The molecule has 10 heteroatoms. The predicted molar refractivity (Wildman–Crippen MR) is 113 cm³/mol. The van der Waals surface area contributed by atoms with E-state index in [0.29, 0.717) is 11.6 Å². The first-order chi connectivity index (χ1) is 14.7. The van der Waals surface area contributed by atoms with Crippen LogP contribution in [0.15, 0.2) is 36.7 Å². The maximum Gasteiger partial charge on any atom is 0.406 e. The molecule has 1 unspecified atom stereocenters. The highest BCUT2D eigenvalue weighted by molar-refractivity contribution is 6.31. The van der Waals surface area contributed by atoms with Crippen molar-refractivity contribution in [2.75, 3.05) is 33.2 Å². The summed E-state index contributed by atoms with van der Waals surface area (Å²) in [6.45, 7) is 1.41. The highest BCUT2D eigenvalue weighted by atomic mass is 35.5. The van der Waals surface area contributed by atoms with Gasteiger partial charge in [0.2, 0.25) is 5.91 Å². The van der Waals surface area contributed by atoms with Crippen LogP contribution in [0.25, 0.3) is 0 Å². The van der Waals surface area contributed by atoms with Gasteiger partial charge in [-0.1, -0.05) is 29.8 Å². The first-order valence-corrected chi connectivity index (χ1v) is 10.6. The van der Waals surface area contributed by atoms with Crippen molar-refractivity contribution in [3.8, 4) is 0 Å². The van der Waals surface area contributed by atoms with Gasteiger partial charge in [0.05, 0.1) is 19.1 Å². The van der Waals surface area contributed by atoms with Crippen molar-refractivity contribution < 1.29 is 18.0 Å². The third-order valence-electron chi connectivity index (χ3n) is 5.31. The number of rotatable bonds is 9. The summed E-state index contributed by atoms with van der Waals surface area (Å²) in [5.41, 5.74) is 0.980. The Morgan fingerprint density at radius 3 is 2.68 bits per heavy atom. The van der Waals surface area contributed by atoms with Crippen LogP contribution in [-0.4, -0.2) is 64.7 Å². The van der Waals surface area contributed by atoms with Crippen molar-refractivity contribution in [1.29, 1.82) is 0 Å². The molecule has 0 radical (unpaired) electrons. The molecule has 0 saturated carbocycles. The van der Waals surface area contributed by atoms with Gasteiger partial charge in [-0.2, -0.15) is 13.2 Å². The van der Waals surface area contributed by atoms with Gasteiger partial charge in [0.1, 0.15) is 12.4 Å². The van der Waals surface area contributed by atoms with Gasteiger partial charge in [-0.05, 0) is 44.6 Å². The molecule has 170 valence electrons. The maximum atomic E-state index is 12.7. The Morgan fingerprint density at radius 2 is 2.00 bits per heavy atom. The van der Waals surface area contributed by atoms with Gasteiger partial charge in [0.25, 0.3) is 0 Å². The van der Waals surface area contributed by atoms with Crippen LogP contribution in [-0.2, 0) is 17.9 Å².